The van der Waals surface area contributed by atoms with Crippen molar-refractivity contribution >= 4 is 11.5 Å². The highest BCUT2D eigenvalue weighted by molar-refractivity contribution is 5.98. The third-order valence-corrected chi connectivity index (χ3v) is 8.81. The van der Waals surface area contributed by atoms with Gasteiger partial charge in [0.2, 0.25) is 5.91 Å². The van der Waals surface area contributed by atoms with Crippen molar-refractivity contribution in [3.8, 4) is 0 Å². The number of benzene rings is 1. The minimum atomic E-state index is -1.01. The highest BCUT2D eigenvalue weighted by atomic mass is 16.8. The van der Waals surface area contributed by atoms with Crippen LogP contribution >= 0.6 is 0 Å². The molecule has 3 fully saturated rings. The van der Waals surface area contributed by atoms with Gasteiger partial charge in [0.1, 0.15) is 0 Å². The van der Waals surface area contributed by atoms with Crippen LogP contribution in [0.4, 0.5) is 0 Å². The molecule has 180 valence electrons. The molecular weight excluding hydrogens is 414 g/mol. The van der Waals surface area contributed by atoms with Gasteiger partial charge in [0.15, 0.2) is 5.79 Å². The lowest BCUT2D eigenvalue weighted by Gasteiger charge is -2.48. The molecule has 4 atom stereocenters. The summed E-state index contributed by atoms with van der Waals surface area (Å²) in [5.74, 6) is -1.01. The van der Waals surface area contributed by atoms with Gasteiger partial charge in [0.05, 0.1) is 17.8 Å². The Hall–Kier alpha value is -1.69. The number of fused-ring (bicyclic) bond motifs is 5. The van der Waals surface area contributed by atoms with Crippen molar-refractivity contribution in [2.75, 3.05) is 0 Å². The minimum absolute atomic E-state index is 0.0285. The average Bonchev–Trinajstić information content (AvgIpc) is 3.10. The molecule has 5 rings (SSSR count). The van der Waals surface area contributed by atoms with Gasteiger partial charge in [-0.15, -0.1) is 0 Å². The van der Waals surface area contributed by atoms with Crippen LogP contribution in [0, 0.1) is 16.2 Å². The zero-order valence-electron chi connectivity index (χ0n) is 21.0. The van der Waals surface area contributed by atoms with Crippen LogP contribution < -0.4 is 5.73 Å². The summed E-state index contributed by atoms with van der Waals surface area (Å²) in [6, 6.07) is 5.74. The van der Waals surface area contributed by atoms with Crippen LogP contribution in [0.15, 0.2) is 24.3 Å². The van der Waals surface area contributed by atoms with Crippen molar-refractivity contribution < 1.29 is 19.4 Å². The van der Waals surface area contributed by atoms with Crippen LogP contribution in [0.1, 0.15) is 102 Å². The quantitative estimate of drug-likeness (QED) is 0.651. The van der Waals surface area contributed by atoms with Crippen LogP contribution in [-0.4, -0.2) is 29.0 Å². The third-order valence-electron chi connectivity index (χ3n) is 8.81. The van der Waals surface area contributed by atoms with Gasteiger partial charge >= 0.3 is 0 Å². The first-order valence-corrected chi connectivity index (χ1v) is 12.4. The maximum absolute atomic E-state index is 12.3. The monoisotopic (exact) mass is 453 g/mol. The smallest absolute Gasteiger partial charge is 0.249 e. The van der Waals surface area contributed by atoms with Gasteiger partial charge in [0, 0.05) is 16.4 Å². The Morgan fingerprint density at radius 3 is 2.12 bits per heavy atom. The van der Waals surface area contributed by atoms with Gasteiger partial charge in [-0.1, -0.05) is 39.8 Å². The molecule has 1 saturated heterocycles. The van der Waals surface area contributed by atoms with E-state index in [1.165, 1.54) is 0 Å². The van der Waals surface area contributed by atoms with Crippen molar-refractivity contribution in [3.63, 3.8) is 0 Å². The van der Waals surface area contributed by atoms with Crippen LogP contribution in [0.5, 0.6) is 0 Å². The SMILES string of the molecule is CC1(C)CC=C(c2cc(C3(O)CC4(C)CC(C)(C3)C3OC(C)(C)OC34)ccc2C(N)=O)CC1. The first-order valence-electron chi connectivity index (χ1n) is 12.4. The Morgan fingerprint density at radius 2 is 1.61 bits per heavy atom. The zero-order valence-corrected chi connectivity index (χ0v) is 21.0. The maximum atomic E-state index is 12.3. The third kappa shape index (κ3) is 3.67. The molecule has 1 amide bonds. The summed E-state index contributed by atoms with van der Waals surface area (Å²) in [6.07, 6.45) is 7.33. The number of carbonyl (C=O) groups is 1. The van der Waals surface area contributed by atoms with E-state index < -0.39 is 17.3 Å². The Morgan fingerprint density at radius 1 is 1.00 bits per heavy atom. The van der Waals surface area contributed by atoms with E-state index in [1.54, 1.807) is 0 Å². The molecule has 33 heavy (non-hydrogen) atoms. The molecule has 3 N–H and O–H groups in total. The molecule has 1 aliphatic heterocycles. The summed E-state index contributed by atoms with van der Waals surface area (Å²) in [6.45, 7) is 13.0. The number of rotatable bonds is 3. The van der Waals surface area contributed by atoms with Gasteiger partial charge < -0.3 is 20.3 Å². The van der Waals surface area contributed by atoms with Crippen LogP contribution in [-0.2, 0) is 15.1 Å². The molecule has 3 aliphatic carbocycles. The van der Waals surface area contributed by atoms with Crippen LogP contribution in [0.25, 0.3) is 5.57 Å². The van der Waals surface area contributed by atoms with Crippen molar-refractivity contribution in [1.29, 1.82) is 0 Å². The molecule has 0 spiro atoms. The fraction of sp³-hybridized carbons (Fsp3) is 0.679. The number of carbonyl (C=O) groups excluding carboxylic acids is 1. The van der Waals surface area contributed by atoms with Crippen molar-refractivity contribution in [3.05, 3.63) is 41.0 Å². The second kappa shape index (κ2) is 6.93. The Labute approximate surface area is 197 Å². The second-order valence-corrected chi connectivity index (χ2v) is 13.1. The number of allylic oxidation sites excluding steroid dienone is 2. The number of primary amides is 1. The predicted octanol–water partition coefficient (Wildman–Crippen LogP) is 5.30. The first-order chi connectivity index (χ1) is 15.2. The van der Waals surface area contributed by atoms with Gasteiger partial charge in [-0.2, -0.15) is 0 Å². The summed E-state index contributed by atoms with van der Waals surface area (Å²) >= 11 is 0. The van der Waals surface area contributed by atoms with Crippen molar-refractivity contribution in [2.24, 2.45) is 22.0 Å². The number of hydrogen-bond acceptors (Lipinski definition) is 4. The largest absolute Gasteiger partial charge is 0.385 e. The normalized spacial score (nSPS) is 40.9. The Bertz CT molecular complexity index is 1010. The summed E-state index contributed by atoms with van der Waals surface area (Å²) in [5, 5.41) is 12.1. The number of hydrogen-bond donors (Lipinski definition) is 2. The van der Waals surface area contributed by atoms with E-state index in [1.807, 2.05) is 32.0 Å². The predicted molar refractivity (Wildman–Crippen MR) is 128 cm³/mol. The highest BCUT2D eigenvalue weighted by Gasteiger charge is 2.69. The minimum Gasteiger partial charge on any atom is -0.385 e. The van der Waals surface area contributed by atoms with Crippen molar-refractivity contribution in [2.45, 2.75) is 104 Å². The fourth-order valence-corrected chi connectivity index (χ4v) is 7.47. The van der Waals surface area contributed by atoms with Crippen LogP contribution in [0.2, 0.25) is 0 Å². The van der Waals surface area contributed by atoms with E-state index in [0.29, 0.717) is 18.4 Å². The summed E-state index contributed by atoms with van der Waals surface area (Å²) in [7, 11) is 0. The van der Waals surface area contributed by atoms with E-state index in [2.05, 4.69) is 33.8 Å². The standard InChI is InChI=1S/C28H39NO4/c1-24(2)11-9-17(10-12-24)20-13-18(7-8-19(20)23(29)30)28(31)15-26(5)14-27(6,16-28)22-21(26)32-25(3,4)33-22/h7-9,13,21-22,31H,10-12,14-16H2,1-6H3,(H2,29,30). The number of aliphatic hydroxyl groups is 1. The molecule has 5 nitrogen and oxygen atoms in total. The average molecular weight is 454 g/mol. The van der Waals surface area contributed by atoms with Crippen LogP contribution in [0.3, 0.4) is 0 Å². The molecule has 4 unspecified atom stereocenters. The molecule has 4 aliphatic rings. The number of nitrogens with two attached hydrogens (primary N) is 1. The number of ether oxygens (including phenoxy) is 2. The Kier molecular flexibility index (Phi) is 4.84. The van der Waals surface area contributed by atoms with E-state index >= 15 is 0 Å². The van der Waals surface area contributed by atoms with Gasteiger partial charge in [-0.05, 0) is 86.6 Å². The van der Waals surface area contributed by atoms with E-state index in [-0.39, 0.29) is 28.5 Å². The number of amides is 1. The van der Waals surface area contributed by atoms with E-state index in [4.69, 9.17) is 15.2 Å². The fourth-order valence-electron chi connectivity index (χ4n) is 7.47. The zero-order chi connectivity index (χ0) is 24.0. The molecule has 1 aromatic rings. The molecular formula is C28H39NO4. The van der Waals surface area contributed by atoms with Crippen molar-refractivity contribution in [1.82, 2.24) is 0 Å². The van der Waals surface area contributed by atoms with E-state index in [0.717, 1.165) is 42.4 Å². The highest BCUT2D eigenvalue weighted by Crippen LogP contribution is 2.67. The molecule has 2 saturated carbocycles. The summed E-state index contributed by atoms with van der Waals surface area (Å²) in [4.78, 5) is 12.3. The lowest BCUT2D eigenvalue weighted by atomic mass is 9.61. The second-order valence-electron chi connectivity index (χ2n) is 13.1. The topological polar surface area (TPSA) is 81.8 Å². The van der Waals surface area contributed by atoms with Gasteiger partial charge in [0.25, 0.3) is 0 Å². The Balaban J connectivity index is 1.54. The lowest BCUT2D eigenvalue weighted by Crippen LogP contribution is -2.45. The van der Waals surface area contributed by atoms with Gasteiger partial charge in [-0.25, -0.2) is 0 Å². The maximum Gasteiger partial charge on any atom is 0.249 e. The molecule has 5 heteroatoms. The summed E-state index contributed by atoms with van der Waals surface area (Å²) < 4.78 is 12.7. The van der Waals surface area contributed by atoms with E-state index in [9.17, 15) is 9.90 Å². The molecule has 0 radical (unpaired) electrons. The first kappa shape index (κ1) is 23.1. The summed E-state index contributed by atoms with van der Waals surface area (Å²) in [5.41, 5.74) is 8.09. The molecule has 0 aromatic heterocycles. The molecule has 2 bridgehead atoms. The lowest BCUT2D eigenvalue weighted by molar-refractivity contribution is -0.200. The molecule has 1 heterocycles. The molecule has 1 aromatic carbocycles. The van der Waals surface area contributed by atoms with Gasteiger partial charge in [-0.3, -0.25) is 4.79 Å².